The fourth-order valence-corrected chi connectivity index (χ4v) is 2.11. The maximum absolute atomic E-state index is 9.31. The third-order valence-corrected chi connectivity index (χ3v) is 2.81. The number of rotatable bonds is 1. The number of aliphatic hydroxyl groups is 1. The summed E-state index contributed by atoms with van der Waals surface area (Å²) in [6.45, 7) is 1.64. The molecule has 3 atom stereocenters. The van der Waals surface area contributed by atoms with E-state index in [-0.39, 0.29) is 6.10 Å². The van der Waals surface area contributed by atoms with E-state index < -0.39 is 0 Å². The van der Waals surface area contributed by atoms with E-state index in [0.29, 0.717) is 12.1 Å². The van der Waals surface area contributed by atoms with Gasteiger partial charge in [0, 0.05) is 19.2 Å². The summed E-state index contributed by atoms with van der Waals surface area (Å²) in [4.78, 5) is 0. The second-order valence-electron chi connectivity index (χ2n) is 3.81. The quantitative estimate of drug-likeness (QED) is 0.595. The molecule has 2 fully saturated rings. The normalized spacial score (nSPS) is 43.2. The van der Waals surface area contributed by atoms with Crippen LogP contribution in [0.5, 0.6) is 0 Å². The molecule has 2 aliphatic heterocycles. The van der Waals surface area contributed by atoms with Crippen LogP contribution in [0.3, 0.4) is 0 Å². The molecule has 0 aromatic rings. The SMILES string of the molecule is OC1CNC(C2CCCCO2)C1. The maximum Gasteiger partial charge on any atom is 0.0729 e. The Bertz CT molecular complexity index is 143. The number of aliphatic hydroxyl groups excluding tert-OH is 1. The summed E-state index contributed by atoms with van der Waals surface area (Å²) in [5.74, 6) is 0. The molecule has 0 aromatic carbocycles. The number of hydrogen-bond donors (Lipinski definition) is 2. The Kier molecular flexibility index (Phi) is 2.63. The van der Waals surface area contributed by atoms with Gasteiger partial charge in [-0.05, 0) is 25.7 Å². The molecule has 0 spiro atoms. The fourth-order valence-electron chi connectivity index (χ4n) is 2.11. The molecule has 2 saturated heterocycles. The second kappa shape index (κ2) is 3.73. The summed E-state index contributed by atoms with van der Waals surface area (Å²) in [5.41, 5.74) is 0. The topological polar surface area (TPSA) is 41.5 Å². The molecule has 12 heavy (non-hydrogen) atoms. The van der Waals surface area contributed by atoms with Crippen molar-refractivity contribution in [1.82, 2.24) is 5.32 Å². The fraction of sp³-hybridized carbons (Fsp3) is 1.00. The molecule has 2 rings (SSSR count). The van der Waals surface area contributed by atoms with E-state index >= 15 is 0 Å². The van der Waals surface area contributed by atoms with E-state index in [1.807, 2.05) is 0 Å². The minimum absolute atomic E-state index is 0.152. The van der Waals surface area contributed by atoms with Crippen LogP contribution in [-0.4, -0.2) is 36.5 Å². The minimum atomic E-state index is -0.152. The lowest BCUT2D eigenvalue weighted by molar-refractivity contribution is -0.00556. The zero-order chi connectivity index (χ0) is 8.39. The van der Waals surface area contributed by atoms with Crippen molar-refractivity contribution < 1.29 is 9.84 Å². The molecule has 3 heteroatoms. The Morgan fingerprint density at radius 1 is 1.33 bits per heavy atom. The highest BCUT2D eigenvalue weighted by atomic mass is 16.5. The van der Waals surface area contributed by atoms with Gasteiger partial charge >= 0.3 is 0 Å². The van der Waals surface area contributed by atoms with Crippen LogP contribution in [0.25, 0.3) is 0 Å². The van der Waals surface area contributed by atoms with Crippen LogP contribution in [0.15, 0.2) is 0 Å². The third kappa shape index (κ3) is 1.79. The van der Waals surface area contributed by atoms with Crippen molar-refractivity contribution in [3.63, 3.8) is 0 Å². The van der Waals surface area contributed by atoms with E-state index in [0.717, 1.165) is 26.0 Å². The van der Waals surface area contributed by atoms with Crippen molar-refractivity contribution in [2.24, 2.45) is 0 Å². The van der Waals surface area contributed by atoms with Crippen LogP contribution < -0.4 is 5.32 Å². The highest BCUT2D eigenvalue weighted by Crippen LogP contribution is 2.21. The Morgan fingerprint density at radius 2 is 2.25 bits per heavy atom. The van der Waals surface area contributed by atoms with Gasteiger partial charge in [-0.2, -0.15) is 0 Å². The molecule has 0 saturated carbocycles. The number of ether oxygens (including phenoxy) is 1. The first kappa shape index (κ1) is 8.48. The highest BCUT2D eigenvalue weighted by molar-refractivity contribution is 4.88. The van der Waals surface area contributed by atoms with Gasteiger partial charge in [0.25, 0.3) is 0 Å². The van der Waals surface area contributed by atoms with Crippen molar-refractivity contribution in [2.45, 2.75) is 43.9 Å². The molecule has 2 aliphatic rings. The van der Waals surface area contributed by atoms with Crippen LogP contribution in [-0.2, 0) is 4.74 Å². The summed E-state index contributed by atoms with van der Waals surface area (Å²) in [6.07, 6.45) is 4.70. The van der Waals surface area contributed by atoms with Crippen molar-refractivity contribution in [1.29, 1.82) is 0 Å². The lowest BCUT2D eigenvalue weighted by Gasteiger charge is -2.27. The molecule has 0 radical (unpaired) electrons. The Morgan fingerprint density at radius 3 is 2.83 bits per heavy atom. The Balaban J connectivity index is 1.83. The average molecular weight is 171 g/mol. The third-order valence-electron chi connectivity index (χ3n) is 2.81. The summed E-state index contributed by atoms with van der Waals surface area (Å²) in [5, 5.41) is 12.6. The molecule has 70 valence electrons. The Labute approximate surface area is 73.1 Å². The van der Waals surface area contributed by atoms with E-state index in [9.17, 15) is 5.11 Å². The lowest BCUT2D eigenvalue weighted by atomic mass is 10.0. The molecule has 2 N–H and O–H groups in total. The molecular formula is C9H17NO2. The van der Waals surface area contributed by atoms with Gasteiger partial charge in [0.15, 0.2) is 0 Å². The number of hydrogen-bond acceptors (Lipinski definition) is 3. The van der Waals surface area contributed by atoms with E-state index in [2.05, 4.69) is 5.32 Å². The smallest absolute Gasteiger partial charge is 0.0729 e. The van der Waals surface area contributed by atoms with Gasteiger partial charge in [-0.3, -0.25) is 0 Å². The Hall–Kier alpha value is -0.120. The summed E-state index contributed by atoms with van der Waals surface area (Å²) in [7, 11) is 0. The van der Waals surface area contributed by atoms with Gasteiger partial charge in [0.05, 0.1) is 12.2 Å². The summed E-state index contributed by atoms with van der Waals surface area (Å²) in [6, 6.07) is 0.403. The zero-order valence-corrected chi connectivity index (χ0v) is 7.33. The number of β-amino-alcohol motifs (C(OH)–C–C–N with tert-alkyl or cyclic N) is 1. The molecule has 0 bridgehead atoms. The average Bonchev–Trinajstić information content (AvgIpc) is 2.54. The van der Waals surface area contributed by atoms with Gasteiger partial charge in [-0.25, -0.2) is 0 Å². The highest BCUT2D eigenvalue weighted by Gasteiger charge is 2.30. The minimum Gasteiger partial charge on any atom is -0.392 e. The van der Waals surface area contributed by atoms with Crippen LogP contribution >= 0.6 is 0 Å². The van der Waals surface area contributed by atoms with E-state index in [1.54, 1.807) is 0 Å². The summed E-state index contributed by atoms with van der Waals surface area (Å²) < 4.78 is 5.64. The van der Waals surface area contributed by atoms with Gasteiger partial charge in [0.1, 0.15) is 0 Å². The van der Waals surface area contributed by atoms with Gasteiger partial charge in [-0.1, -0.05) is 0 Å². The van der Waals surface area contributed by atoms with Crippen LogP contribution in [0.1, 0.15) is 25.7 Å². The maximum atomic E-state index is 9.31. The van der Waals surface area contributed by atoms with Gasteiger partial charge < -0.3 is 15.2 Å². The second-order valence-corrected chi connectivity index (χ2v) is 3.81. The largest absolute Gasteiger partial charge is 0.392 e. The van der Waals surface area contributed by atoms with Gasteiger partial charge in [-0.15, -0.1) is 0 Å². The number of nitrogens with one attached hydrogen (secondary N) is 1. The molecule has 0 aromatic heterocycles. The zero-order valence-electron chi connectivity index (χ0n) is 7.33. The van der Waals surface area contributed by atoms with Crippen molar-refractivity contribution >= 4 is 0 Å². The first-order valence-corrected chi connectivity index (χ1v) is 4.89. The van der Waals surface area contributed by atoms with Crippen molar-refractivity contribution in [2.75, 3.05) is 13.2 Å². The molecule has 3 unspecified atom stereocenters. The van der Waals surface area contributed by atoms with Crippen LogP contribution in [0.2, 0.25) is 0 Å². The molecule has 3 nitrogen and oxygen atoms in total. The first-order valence-electron chi connectivity index (χ1n) is 4.89. The van der Waals surface area contributed by atoms with Crippen LogP contribution in [0, 0.1) is 0 Å². The van der Waals surface area contributed by atoms with Gasteiger partial charge in [0.2, 0.25) is 0 Å². The molecule has 0 aliphatic carbocycles. The standard InChI is InChI=1S/C9H17NO2/c11-7-5-8(10-6-7)9-3-1-2-4-12-9/h7-11H,1-6H2. The predicted octanol–water partition coefficient (Wildman–Crippen LogP) is 0.278. The predicted molar refractivity (Wildman–Crippen MR) is 46.0 cm³/mol. The molecule has 2 heterocycles. The van der Waals surface area contributed by atoms with Crippen molar-refractivity contribution in [3.05, 3.63) is 0 Å². The van der Waals surface area contributed by atoms with E-state index in [1.165, 1.54) is 12.8 Å². The van der Waals surface area contributed by atoms with Crippen LogP contribution in [0.4, 0.5) is 0 Å². The summed E-state index contributed by atoms with van der Waals surface area (Å²) >= 11 is 0. The first-order chi connectivity index (χ1) is 5.86. The van der Waals surface area contributed by atoms with Crippen molar-refractivity contribution in [3.8, 4) is 0 Å². The monoisotopic (exact) mass is 171 g/mol. The molecular weight excluding hydrogens is 154 g/mol. The molecule has 0 amide bonds. The lowest BCUT2D eigenvalue weighted by Crippen LogP contribution is -2.38. The van der Waals surface area contributed by atoms with E-state index in [4.69, 9.17) is 4.74 Å².